The van der Waals surface area contributed by atoms with Crippen LogP contribution in [0.2, 0.25) is 0 Å². The lowest BCUT2D eigenvalue weighted by molar-refractivity contribution is 0.416. The zero-order valence-corrected chi connectivity index (χ0v) is 11.2. The Kier molecular flexibility index (Phi) is 3.77. The van der Waals surface area contributed by atoms with E-state index in [1.165, 1.54) is 5.69 Å². The summed E-state index contributed by atoms with van der Waals surface area (Å²) in [6.45, 7) is 8.06. The van der Waals surface area contributed by atoms with Gasteiger partial charge in [-0.3, -0.25) is 4.98 Å². The lowest BCUT2D eigenvalue weighted by Gasteiger charge is -2.20. The smallest absolute Gasteiger partial charge is 0.0952 e. The second kappa shape index (κ2) is 5.31. The zero-order chi connectivity index (χ0) is 13.0. The van der Waals surface area contributed by atoms with Gasteiger partial charge in [-0.25, -0.2) is 4.98 Å². The molecule has 0 saturated carbocycles. The Morgan fingerprint density at radius 3 is 2.78 bits per heavy atom. The first-order valence-electron chi connectivity index (χ1n) is 6.18. The maximum atomic E-state index is 4.33. The monoisotopic (exact) mass is 244 g/mol. The Labute approximate surface area is 108 Å². The van der Waals surface area contributed by atoms with Crippen molar-refractivity contribution in [1.29, 1.82) is 0 Å². The van der Waals surface area contributed by atoms with Gasteiger partial charge in [0.25, 0.3) is 0 Å². The van der Waals surface area contributed by atoms with E-state index in [4.69, 9.17) is 0 Å². The molecular formula is C14H20N4. The number of rotatable bonds is 4. The summed E-state index contributed by atoms with van der Waals surface area (Å²) in [5.74, 6) is 0. The highest BCUT2D eigenvalue weighted by Crippen LogP contribution is 2.06. The van der Waals surface area contributed by atoms with Gasteiger partial charge in [-0.1, -0.05) is 6.07 Å². The van der Waals surface area contributed by atoms with Crippen molar-refractivity contribution >= 4 is 0 Å². The summed E-state index contributed by atoms with van der Waals surface area (Å²) < 4.78 is 2.13. The van der Waals surface area contributed by atoms with Crippen LogP contribution in [0.5, 0.6) is 0 Å². The number of imidazole rings is 1. The van der Waals surface area contributed by atoms with E-state index in [1.54, 1.807) is 0 Å². The van der Waals surface area contributed by atoms with E-state index in [0.29, 0.717) is 0 Å². The third-order valence-corrected chi connectivity index (χ3v) is 2.66. The fourth-order valence-corrected chi connectivity index (χ4v) is 1.66. The minimum Gasteiger partial charge on any atom is -0.327 e. The van der Waals surface area contributed by atoms with Gasteiger partial charge < -0.3 is 9.88 Å². The van der Waals surface area contributed by atoms with E-state index in [9.17, 15) is 0 Å². The molecule has 2 rings (SSSR count). The van der Waals surface area contributed by atoms with Crippen LogP contribution in [0.4, 0.5) is 0 Å². The molecule has 1 N–H and O–H groups in total. The molecule has 0 aliphatic carbocycles. The first-order valence-corrected chi connectivity index (χ1v) is 6.18. The largest absolute Gasteiger partial charge is 0.327 e. The second-order valence-corrected chi connectivity index (χ2v) is 5.44. The molecule has 96 valence electrons. The van der Waals surface area contributed by atoms with Crippen molar-refractivity contribution in [2.24, 2.45) is 0 Å². The van der Waals surface area contributed by atoms with Gasteiger partial charge in [0, 0.05) is 24.5 Å². The van der Waals surface area contributed by atoms with Crippen LogP contribution < -0.4 is 5.32 Å². The number of hydrogen-bond donors (Lipinski definition) is 1. The van der Waals surface area contributed by atoms with E-state index in [-0.39, 0.29) is 5.54 Å². The molecule has 0 unspecified atom stereocenters. The summed E-state index contributed by atoms with van der Waals surface area (Å²) in [4.78, 5) is 8.55. The van der Waals surface area contributed by atoms with E-state index in [2.05, 4.69) is 40.6 Å². The topological polar surface area (TPSA) is 42.7 Å². The van der Waals surface area contributed by atoms with Crippen LogP contribution in [0.3, 0.4) is 0 Å². The third kappa shape index (κ3) is 3.67. The van der Waals surface area contributed by atoms with Crippen LogP contribution in [-0.2, 0) is 13.1 Å². The van der Waals surface area contributed by atoms with Gasteiger partial charge in [-0.2, -0.15) is 0 Å². The molecule has 18 heavy (non-hydrogen) atoms. The average Bonchev–Trinajstić information content (AvgIpc) is 2.74. The number of aromatic nitrogens is 3. The van der Waals surface area contributed by atoms with Crippen molar-refractivity contribution in [3.8, 4) is 0 Å². The Morgan fingerprint density at radius 2 is 2.11 bits per heavy atom. The fourth-order valence-electron chi connectivity index (χ4n) is 1.66. The number of hydrogen-bond acceptors (Lipinski definition) is 3. The summed E-state index contributed by atoms with van der Waals surface area (Å²) in [5, 5.41) is 3.47. The highest BCUT2D eigenvalue weighted by molar-refractivity contribution is 5.07. The fraction of sp³-hybridized carbons (Fsp3) is 0.429. The third-order valence-electron chi connectivity index (χ3n) is 2.66. The lowest BCUT2D eigenvalue weighted by Crippen LogP contribution is -2.35. The van der Waals surface area contributed by atoms with Crippen LogP contribution in [-0.4, -0.2) is 20.1 Å². The molecule has 4 nitrogen and oxygen atoms in total. The minimum atomic E-state index is 0.111. The molecule has 2 heterocycles. The first kappa shape index (κ1) is 12.8. The molecule has 0 amide bonds. The molecule has 0 atom stereocenters. The van der Waals surface area contributed by atoms with Crippen LogP contribution in [0.15, 0.2) is 36.9 Å². The molecule has 0 fully saturated rings. The predicted octanol–water partition coefficient (Wildman–Crippen LogP) is 2.21. The van der Waals surface area contributed by atoms with E-state index in [0.717, 1.165) is 18.8 Å². The molecule has 0 aliphatic heterocycles. The van der Waals surface area contributed by atoms with Crippen LogP contribution in [0, 0.1) is 0 Å². The summed E-state index contributed by atoms with van der Waals surface area (Å²) in [6.07, 6.45) is 5.58. The maximum absolute atomic E-state index is 4.33. The van der Waals surface area contributed by atoms with Crippen molar-refractivity contribution in [2.45, 2.75) is 39.4 Å². The van der Waals surface area contributed by atoms with Crippen molar-refractivity contribution in [3.05, 3.63) is 48.3 Å². The van der Waals surface area contributed by atoms with Crippen molar-refractivity contribution in [2.75, 3.05) is 0 Å². The maximum Gasteiger partial charge on any atom is 0.0952 e. The van der Waals surface area contributed by atoms with Gasteiger partial charge in [0.05, 0.1) is 24.3 Å². The second-order valence-electron chi connectivity index (χ2n) is 5.44. The van der Waals surface area contributed by atoms with Crippen LogP contribution in [0.1, 0.15) is 32.2 Å². The first-order chi connectivity index (χ1) is 8.54. The Hall–Kier alpha value is -1.68. The highest BCUT2D eigenvalue weighted by Gasteiger charge is 2.10. The minimum absolute atomic E-state index is 0.111. The Balaban J connectivity index is 2.04. The van der Waals surface area contributed by atoms with Gasteiger partial charge >= 0.3 is 0 Å². The Bertz CT molecular complexity index is 482. The van der Waals surface area contributed by atoms with Crippen LogP contribution >= 0.6 is 0 Å². The van der Waals surface area contributed by atoms with E-state index >= 15 is 0 Å². The van der Waals surface area contributed by atoms with E-state index in [1.807, 2.05) is 36.9 Å². The molecule has 2 aromatic rings. The van der Waals surface area contributed by atoms with Gasteiger partial charge in [0.1, 0.15) is 0 Å². The Morgan fingerprint density at radius 1 is 1.28 bits per heavy atom. The molecule has 0 saturated heterocycles. The molecule has 0 aromatic carbocycles. The summed E-state index contributed by atoms with van der Waals surface area (Å²) in [7, 11) is 0. The number of nitrogens with one attached hydrogen (secondary N) is 1. The van der Waals surface area contributed by atoms with Crippen molar-refractivity contribution in [3.63, 3.8) is 0 Å². The van der Waals surface area contributed by atoms with Gasteiger partial charge in [-0.05, 0) is 32.9 Å². The van der Waals surface area contributed by atoms with Gasteiger partial charge in [-0.15, -0.1) is 0 Å². The normalized spacial score (nSPS) is 11.7. The molecule has 4 heteroatoms. The molecule has 0 spiro atoms. The average molecular weight is 244 g/mol. The molecule has 0 aliphatic rings. The molecule has 0 radical (unpaired) electrons. The number of pyridine rings is 1. The predicted molar refractivity (Wildman–Crippen MR) is 72.2 cm³/mol. The van der Waals surface area contributed by atoms with Crippen LogP contribution in [0.25, 0.3) is 0 Å². The highest BCUT2D eigenvalue weighted by atomic mass is 15.1. The zero-order valence-electron chi connectivity index (χ0n) is 11.2. The summed E-state index contributed by atoms with van der Waals surface area (Å²) in [5.41, 5.74) is 2.34. The summed E-state index contributed by atoms with van der Waals surface area (Å²) in [6, 6.07) is 5.97. The molecule has 2 aromatic heterocycles. The quantitative estimate of drug-likeness (QED) is 0.896. The SMILES string of the molecule is CC(C)(C)NCc1cncn1Cc1ccccn1. The van der Waals surface area contributed by atoms with E-state index < -0.39 is 0 Å². The summed E-state index contributed by atoms with van der Waals surface area (Å²) >= 11 is 0. The van der Waals surface area contributed by atoms with Gasteiger partial charge in [0.2, 0.25) is 0 Å². The van der Waals surface area contributed by atoms with Crippen molar-refractivity contribution in [1.82, 2.24) is 19.9 Å². The van der Waals surface area contributed by atoms with Gasteiger partial charge in [0.15, 0.2) is 0 Å². The lowest BCUT2D eigenvalue weighted by atomic mass is 10.1. The molecule has 0 bridgehead atoms. The number of nitrogens with zero attached hydrogens (tertiary/aromatic N) is 3. The van der Waals surface area contributed by atoms with Crippen molar-refractivity contribution < 1.29 is 0 Å². The molecular weight excluding hydrogens is 224 g/mol. The standard InChI is InChI=1S/C14H20N4/c1-14(2,3)17-9-13-8-15-11-18(13)10-12-6-4-5-7-16-12/h4-8,11,17H,9-10H2,1-3H3.